The molecule has 1 aromatic carbocycles. The van der Waals surface area contributed by atoms with E-state index in [1.165, 1.54) is 4.31 Å². The van der Waals surface area contributed by atoms with Gasteiger partial charge < -0.3 is 10.6 Å². The number of hydrogen-bond acceptors (Lipinski definition) is 6. The van der Waals surface area contributed by atoms with Crippen molar-refractivity contribution < 1.29 is 13.2 Å². The number of fused-ring (bicyclic) bond motifs is 1. The molecule has 0 spiro atoms. The second kappa shape index (κ2) is 7.96. The number of hydrogen-bond donors (Lipinski definition) is 1. The van der Waals surface area contributed by atoms with Gasteiger partial charge in [-0.3, -0.25) is 4.79 Å². The molecule has 4 rings (SSSR count). The number of amides is 1. The molecule has 2 fully saturated rings. The first-order valence-corrected chi connectivity index (χ1v) is 10.9. The minimum Gasteiger partial charge on any atom is -0.340 e. The molecule has 2 atom stereocenters. The van der Waals surface area contributed by atoms with Gasteiger partial charge in [0, 0.05) is 38.1 Å². The van der Waals surface area contributed by atoms with Crippen molar-refractivity contribution in [2.45, 2.75) is 30.2 Å². The van der Waals surface area contributed by atoms with E-state index in [4.69, 9.17) is 5.73 Å². The van der Waals surface area contributed by atoms with Crippen LogP contribution in [0.3, 0.4) is 0 Å². The van der Waals surface area contributed by atoms with Crippen LogP contribution in [-0.2, 0) is 26.2 Å². The average Bonchev–Trinajstić information content (AvgIpc) is 3.29. The third kappa shape index (κ3) is 3.81. The fourth-order valence-corrected chi connectivity index (χ4v) is 5.95. The Labute approximate surface area is 168 Å². The van der Waals surface area contributed by atoms with Crippen LogP contribution in [0.5, 0.6) is 0 Å². The van der Waals surface area contributed by atoms with E-state index in [0.29, 0.717) is 37.6 Å². The molecule has 27 heavy (non-hydrogen) atoms. The van der Waals surface area contributed by atoms with Gasteiger partial charge in [-0.15, -0.1) is 12.4 Å². The van der Waals surface area contributed by atoms with Gasteiger partial charge in [0.15, 0.2) is 0 Å². The quantitative estimate of drug-likeness (QED) is 0.798. The van der Waals surface area contributed by atoms with E-state index in [-0.39, 0.29) is 35.2 Å². The third-order valence-corrected chi connectivity index (χ3v) is 7.71. The molecule has 1 saturated heterocycles. The highest BCUT2D eigenvalue weighted by atomic mass is 35.5. The fraction of sp³-hybridized carbons (Fsp3) is 0.562. The summed E-state index contributed by atoms with van der Waals surface area (Å²) in [6, 6.07) is 5.11. The smallest absolute Gasteiger partial charge is 0.245 e. The van der Waals surface area contributed by atoms with Crippen molar-refractivity contribution in [2.24, 2.45) is 20.4 Å². The molecular formula is C16H22ClN5O3S2. The standard InChI is InChI=1S/C16H21N5O3S2.ClH/c17-12-5-4-11(10-12)16(22)20-6-8-21(9-7-20)26(23,24)14-3-1-2-13-15(14)19-25-18-13;/h1-3,11-12H,4-10,17H2;1H. The highest BCUT2D eigenvalue weighted by Gasteiger charge is 2.36. The Balaban J connectivity index is 0.00000210. The molecular weight excluding hydrogens is 410 g/mol. The number of sulfonamides is 1. The summed E-state index contributed by atoms with van der Waals surface area (Å²) in [6.07, 6.45) is 2.45. The van der Waals surface area contributed by atoms with Crippen molar-refractivity contribution in [3.63, 3.8) is 0 Å². The average molecular weight is 432 g/mol. The Kier molecular flexibility index (Phi) is 6.02. The molecule has 1 saturated carbocycles. The molecule has 2 N–H and O–H groups in total. The van der Waals surface area contributed by atoms with Gasteiger partial charge in [0.05, 0.1) is 11.4 Å². The van der Waals surface area contributed by atoms with Crippen LogP contribution in [0.15, 0.2) is 31.8 Å². The summed E-state index contributed by atoms with van der Waals surface area (Å²) in [6.45, 7) is 1.41. The molecule has 148 valence electrons. The lowest BCUT2D eigenvalue weighted by Gasteiger charge is -2.35. The summed E-state index contributed by atoms with van der Waals surface area (Å²) in [5.74, 6) is 0.101. The minimum atomic E-state index is -3.66. The molecule has 2 aliphatic heterocycles. The first kappa shape index (κ1) is 20.4. The van der Waals surface area contributed by atoms with Crippen LogP contribution >= 0.6 is 12.4 Å². The molecule has 1 amide bonds. The number of carbonyl (C=O) groups is 1. The fourth-order valence-electron chi connectivity index (χ4n) is 3.78. The summed E-state index contributed by atoms with van der Waals surface area (Å²) in [4.78, 5) is 14.6. The van der Waals surface area contributed by atoms with E-state index < -0.39 is 10.0 Å². The van der Waals surface area contributed by atoms with E-state index in [0.717, 1.165) is 30.6 Å². The second-order valence-electron chi connectivity index (χ2n) is 6.89. The van der Waals surface area contributed by atoms with E-state index >= 15 is 0 Å². The summed E-state index contributed by atoms with van der Waals surface area (Å²) in [7, 11) is -3.66. The molecule has 8 nitrogen and oxygen atoms in total. The summed E-state index contributed by atoms with van der Waals surface area (Å²) in [5.41, 5.74) is 6.90. The molecule has 3 aliphatic rings. The summed E-state index contributed by atoms with van der Waals surface area (Å²) in [5, 5.41) is 0. The lowest BCUT2D eigenvalue weighted by atomic mass is 10.1. The Morgan fingerprint density at radius 1 is 1.15 bits per heavy atom. The monoisotopic (exact) mass is 431 g/mol. The maximum atomic E-state index is 13.0. The van der Waals surface area contributed by atoms with Gasteiger partial charge in [0.1, 0.15) is 16.3 Å². The van der Waals surface area contributed by atoms with E-state index in [1.807, 2.05) is 0 Å². The zero-order chi connectivity index (χ0) is 18.3. The molecule has 1 aromatic rings. The zero-order valence-corrected chi connectivity index (χ0v) is 17.1. The van der Waals surface area contributed by atoms with Crippen molar-refractivity contribution in [3.05, 3.63) is 18.2 Å². The van der Waals surface area contributed by atoms with Crippen LogP contribution in [-0.4, -0.2) is 55.8 Å². The summed E-state index contributed by atoms with van der Waals surface area (Å²) < 4.78 is 35.7. The molecule has 2 heterocycles. The van der Waals surface area contributed by atoms with Gasteiger partial charge in [-0.2, -0.15) is 13.0 Å². The van der Waals surface area contributed by atoms with Gasteiger partial charge in [0.25, 0.3) is 0 Å². The number of piperazine rings is 1. The lowest BCUT2D eigenvalue weighted by molar-refractivity contribution is -0.136. The Bertz CT molecular complexity index is 909. The van der Waals surface area contributed by atoms with E-state index in [2.05, 4.69) is 8.73 Å². The van der Waals surface area contributed by atoms with Crippen LogP contribution in [0.2, 0.25) is 0 Å². The Hall–Kier alpha value is -1.33. The predicted octanol–water partition coefficient (Wildman–Crippen LogP) is 1.80. The van der Waals surface area contributed by atoms with Crippen molar-refractivity contribution in [1.82, 2.24) is 9.21 Å². The molecule has 0 aromatic heterocycles. The molecule has 2 unspecified atom stereocenters. The van der Waals surface area contributed by atoms with Crippen LogP contribution in [0.25, 0.3) is 0 Å². The number of nitrogens with two attached hydrogens (primary N) is 1. The number of nitrogens with zero attached hydrogens (tertiary/aromatic N) is 4. The topological polar surface area (TPSA) is 108 Å². The van der Waals surface area contributed by atoms with Crippen molar-refractivity contribution >= 4 is 51.1 Å². The highest BCUT2D eigenvalue weighted by molar-refractivity contribution is 7.89. The Morgan fingerprint density at radius 2 is 1.89 bits per heavy atom. The van der Waals surface area contributed by atoms with E-state index in [9.17, 15) is 13.2 Å². The van der Waals surface area contributed by atoms with Crippen LogP contribution in [0.4, 0.5) is 11.4 Å². The number of benzene rings is 1. The van der Waals surface area contributed by atoms with Gasteiger partial charge >= 0.3 is 0 Å². The van der Waals surface area contributed by atoms with Gasteiger partial charge in [-0.1, -0.05) is 6.07 Å². The second-order valence-corrected chi connectivity index (χ2v) is 9.32. The normalized spacial score (nSPS) is 25.0. The summed E-state index contributed by atoms with van der Waals surface area (Å²) >= 11 is 1.00. The maximum absolute atomic E-state index is 13.0. The first-order valence-electron chi connectivity index (χ1n) is 8.72. The lowest BCUT2D eigenvalue weighted by Crippen LogP contribution is -2.51. The van der Waals surface area contributed by atoms with Gasteiger partial charge in [-0.25, -0.2) is 8.42 Å². The third-order valence-electron chi connectivity index (χ3n) is 5.24. The molecule has 0 radical (unpaired) electrons. The number of halogens is 1. The van der Waals surface area contributed by atoms with Gasteiger partial charge in [-0.05, 0) is 31.4 Å². The molecule has 1 aliphatic carbocycles. The SMILES string of the molecule is Cl.NC1CCC(C(=O)N2CCN(S(=O)(=O)c3cccc4c3N=S=N4)CC2)C1. The van der Waals surface area contributed by atoms with Crippen LogP contribution < -0.4 is 5.73 Å². The van der Waals surface area contributed by atoms with Crippen molar-refractivity contribution in [1.29, 1.82) is 0 Å². The van der Waals surface area contributed by atoms with Crippen molar-refractivity contribution in [3.8, 4) is 0 Å². The first-order chi connectivity index (χ1) is 12.5. The van der Waals surface area contributed by atoms with Crippen LogP contribution in [0, 0.1) is 5.92 Å². The molecule has 11 heteroatoms. The number of carbonyl (C=O) groups excluding carboxylic acids is 1. The highest BCUT2D eigenvalue weighted by Crippen LogP contribution is 2.38. The zero-order valence-electron chi connectivity index (χ0n) is 14.7. The van der Waals surface area contributed by atoms with Gasteiger partial charge in [0.2, 0.25) is 15.9 Å². The van der Waals surface area contributed by atoms with E-state index in [1.54, 1.807) is 23.1 Å². The molecule has 0 bridgehead atoms. The maximum Gasteiger partial charge on any atom is 0.245 e. The minimum absolute atomic E-state index is 0. The van der Waals surface area contributed by atoms with Crippen molar-refractivity contribution in [2.75, 3.05) is 26.2 Å². The predicted molar refractivity (Wildman–Crippen MR) is 106 cm³/mol. The Morgan fingerprint density at radius 3 is 2.56 bits per heavy atom. The van der Waals surface area contributed by atoms with Crippen LogP contribution in [0.1, 0.15) is 19.3 Å². The largest absolute Gasteiger partial charge is 0.340 e. The number of rotatable bonds is 3.